The quantitative estimate of drug-likeness (QED) is 0.621. The molecule has 23 heavy (non-hydrogen) atoms. The molecule has 0 saturated carbocycles. The Balaban J connectivity index is 1.77. The maximum Gasteiger partial charge on any atom is 0.188 e. The average molecular weight is 324 g/mol. The predicted octanol–water partition coefficient (Wildman–Crippen LogP) is 3.65. The minimum Gasteiger partial charge on any atom is -0.370 e. The van der Waals surface area contributed by atoms with Crippen LogP contribution in [0.15, 0.2) is 58.3 Å². The lowest BCUT2D eigenvalue weighted by Gasteiger charge is -2.43. The third kappa shape index (κ3) is 2.55. The molecule has 0 spiro atoms. The van der Waals surface area contributed by atoms with Crippen molar-refractivity contribution in [3.05, 3.63) is 48.5 Å². The number of nitrogens with one attached hydrogen (secondary N) is 1. The lowest BCUT2D eigenvalue weighted by molar-refractivity contribution is 0.303. The van der Waals surface area contributed by atoms with Crippen molar-refractivity contribution in [2.24, 2.45) is 5.73 Å². The number of hydrogen-bond donors (Lipinski definition) is 2. The van der Waals surface area contributed by atoms with Gasteiger partial charge >= 0.3 is 0 Å². The zero-order chi connectivity index (χ0) is 15.8. The van der Waals surface area contributed by atoms with Crippen LogP contribution in [0.25, 0.3) is 0 Å². The number of benzene rings is 2. The molecule has 1 unspecified atom stereocenters. The summed E-state index contributed by atoms with van der Waals surface area (Å²) in [5.41, 5.74) is 8.27. The van der Waals surface area contributed by atoms with Gasteiger partial charge < -0.3 is 15.5 Å². The zero-order valence-corrected chi connectivity index (χ0v) is 13.7. The molecular formula is C18H20N4S. The summed E-state index contributed by atoms with van der Waals surface area (Å²) in [6, 6.07) is 17.5. The summed E-state index contributed by atoms with van der Waals surface area (Å²) in [6.07, 6.45) is 2.19. The number of nitrogens with zero attached hydrogens (tertiary/aromatic N) is 2. The molecule has 2 aliphatic rings. The molecule has 4 nitrogen and oxygen atoms in total. The Bertz CT molecular complexity index is 700. The molecule has 5 heteroatoms. The van der Waals surface area contributed by atoms with Gasteiger partial charge in [0.2, 0.25) is 0 Å². The highest BCUT2D eigenvalue weighted by atomic mass is 32.2. The van der Waals surface area contributed by atoms with Crippen molar-refractivity contribution in [2.45, 2.75) is 28.7 Å². The highest BCUT2D eigenvalue weighted by Crippen LogP contribution is 2.49. The molecule has 1 atom stereocenters. The van der Waals surface area contributed by atoms with E-state index in [9.17, 15) is 0 Å². The third-order valence-electron chi connectivity index (χ3n) is 4.57. The molecule has 2 aromatic rings. The second-order valence-electron chi connectivity index (χ2n) is 6.03. The fourth-order valence-corrected chi connectivity index (χ4v) is 4.58. The largest absolute Gasteiger partial charge is 0.370 e. The van der Waals surface area contributed by atoms with Crippen LogP contribution in [0.2, 0.25) is 0 Å². The van der Waals surface area contributed by atoms with Crippen molar-refractivity contribution in [3.63, 3.8) is 0 Å². The first kappa shape index (κ1) is 14.5. The molecule has 3 N–H and O–H groups in total. The van der Waals surface area contributed by atoms with Crippen LogP contribution in [-0.2, 0) is 0 Å². The maximum absolute atomic E-state index is 7.76. The standard InChI is InChI=1S/C18H20N4S/c19-18(20)21-11-5-6-13(12-21)22-14-7-1-3-9-16(14)23-17-10-4-2-8-15(17)22/h1-4,7-10,13H,5-6,11-12H2,(H3,19,20). The predicted molar refractivity (Wildman–Crippen MR) is 95.7 cm³/mol. The summed E-state index contributed by atoms with van der Waals surface area (Å²) in [6.45, 7) is 1.69. The molecule has 4 rings (SSSR count). The minimum absolute atomic E-state index is 0.183. The molecule has 118 valence electrons. The van der Waals surface area contributed by atoms with Crippen molar-refractivity contribution >= 4 is 29.1 Å². The summed E-state index contributed by atoms with van der Waals surface area (Å²) in [5, 5.41) is 7.76. The van der Waals surface area contributed by atoms with E-state index >= 15 is 0 Å². The summed E-state index contributed by atoms with van der Waals surface area (Å²) in [7, 11) is 0. The third-order valence-corrected chi connectivity index (χ3v) is 5.70. The molecule has 0 amide bonds. The van der Waals surface area contributed by atoms with Crippen LogP contribution in [0, 0.1) is 5.41 Å². The molecule has 2 aliphatic heterocycles. The molecule has 0 aromatic heterocycles. The number of rotatable bonds is 1. The molecular weight excluding hydrogens is 304 g/mol. The first-order chi connectivity index (χ1) is 11.2. The summed E-state index contributed by atoms with van der Waals surface area (Å²) in [4.78, 5) is 7.04. The average Bonchev–Trinajstić information content (AvgIpc) is 2.59. The number of anilines is 2. The van der Waals surface area contributed by atoms with Crippen LogP contribution in [0.4, 0.5) is 11.4 Å². The lowest BCUT2D eigenvalue weighted by atomic mass is 10.0. The zero-order valence-electron chi connectivity index (χ0n) is 12.9. The number of hydrogen-bond acceptors (Lipinski definition) is 3. The van der Waals surface area contributed by atoms with E-state index in [0.29, 0.717) is 6.04 Å². The number of nitrogens with two attached hydrogens (primary N) is 1. The van der Waals surface area contributed by atoms with E-state index in [-0.39, 0.29) is 5.96 Å². The van der Waals surface area contributed by atoms with Crippen LogP contribution in [-0.4, -0.2) is 30.0 Å². The van der Waals surface area contributed by atoms with Crippen molar-refractivity contribution in [1.29, 1.82) is 5.41 Å². The smallest absolute Gasteiger partial charge is 0.188 e. The van der Waals surface area contributed by atoms with Gasteiger partial charge in [-0.25, -0.2) is 0 Å². The fraction of sp³-hybridized carbons (Fsp3) is 0.278. The Hall–Kier alpha value is -2.14. The van der Waals surface area contributed by atoms with E-state index in [1.54, 1.807) is 0 Å². The molecule has 0 bridgehead atoms. The van der Waals surface area contributed by atoms with E-state index < -0.39 is 0 Å². The lowest BCUT2D eigenvalue weighted by Crippen LogP contribution is -2.50. The van der Waals surface area contributed by atoms with E-state index in [1.807, 2.05) is 16.7 Å². The van der Waals surface area contributed by atoms with Crippen LogP contribution in [0.5, 0.6) is 0 Å². The van der Waals surface area contributed by atoms with Crippen molar-refractivity contribution < 1.29 is 0 Å². The highest BCUT2D eigenvalue weighted by Gasteiger charge is 2.32. The van der Waals surface area contributed by atoms with Gasteiger partial charge in [0, 0.05) is 22.9 Å². The van der Waals surface area contributed by atoms with Crippen LogP contribution in [0.3, 0.4) is 0 Å². The summed E-state index contributed by atoms with van der Waals surface area (Å²) >= 11 is 1.84. The van der Waals surface area contributed by atoms with Gasteiger partial charge in [-0.2, -0.15) is 0 Å². The summed E-state index contributed by atoms with van der Waals surface area (Å²) < 4.78 is 0. The maximum atomic E-state index is 7.76. The highest BCUT2D eigenvalue weighted by molar-refractivity contribution is 7.99. The minimum atomic E-state index is 0.183. The molecule has 1 saturated heterocycles. The van der Waals surface area contributed by atoms with E-state index in [0.717, 1.165) is 25.9 Å². The van der Waals surface area contributed by atoms with E-state index in [1.165, 1.54) is 21.2 Å². The normalized spacial score (nSPS) is 19.9. The van der Waals surface area contributed by atoms with Gasteiger partial charge in [0.1, 0.15) is 0 Å². The van der Waals surface area contributed by atoms with E-state index in [2.05, 4.69) is 53.4 Å². The molecule has 0 radical (unpaired) electrons. The van der Waals surface area contributed by atoms with Gasteiger partial charge in [-0.15, -0.1) is 0 Å². The SMILES string of the molecule is N=C(N)N1CCCC(N2c3ccccc3Sc3ccccc32)C1. The van der Waals surface area contributed by atoms with Gasteiger partial charge in [-0.1, -0.05) is 36.0 Å². The Morgan fingerprint density at radius 2 is 1.65 bits per heavy atom. The van der Waals surface area contributed by atoms with Crippen molar-refractivity contribution in [1.82, 2.24) is 4.90 Å². The number of guanidine groups is 1. The summed E-state index contributed by atoms with van der Waals surface area (Å²) in [5.74, 6) is 0.183. The van der Waals surface area contributed by atoms with Gasteiger partial charge in [-0.3, -0.25) is 5.41 Å². The molecule has 1 fully saturated rings. The first-order valence-corrected chi connectivity index (χ1v) is 8.80. The Kier molecular flexibility index (Phi) is 3.65. The van der Waals surface area contributed by atoms with Crippen LogP contribution < -0.4 is 10.6 Å². The monoisotopic (exact) mass is 324 g/mol. The fourth-order valence-electron chi connectivity index (χ4n) is 3.51. The van der Waals surface area contributed by atoms with Crippen LogP contribution >= 0.6 is 11.8 Å². The topological polar surface area (TPSA) is 56.4 Å². The van der Waals surface area contributed by atoms with Crippen LogP contribution in [0.1, 0.15) is 12.8 Å². The Morgan fingerprint density at radius 3 is 2.26 bits per heavy atom. The van der Waals surface area contributed by atoms with Gasteiger partial charge in [0.15, 0.2) is 5.96 Å². The Labute approximate surface area is 140 Å². The Morgan fingerprint density at radius 1 is 1.04 bits per heavy atom. The second-order valence-corrected chi connectivity index (χ2v) is 7.12. The second kappa shape index (κ2) is 5.81. The number of likely N-dealkylation sites (tertiary alicyclic amines) is 1. The van der Waals surface area contributed by atoms with Gasteiger partial charge in [0.25, 0.3) is 0 Å². The van der Waals surface area contributed by atoms with Crippen molar-refractivity contribution in [3.8, 4) is 0 Å². The molecule has 2 heterocycles. The van der Waals surface area contributed by atoms with Crippen molar-refractivity contribution in [2.75, 3.05) is 18.0 Å². The number of piperidine rings is 1. The van der Waals surface area contributed by atoms with Gasteiger partial charge in [0.05, 0.1) is 17.4 Å². The first-order valence-electron chi connectivity index (χ1n) is 7.98. The number of fused-ring (bicyclic) bond motifs is 2. The number of para-hydroxylation sites is 2. The van der Waals surface area contributed by atoms with Gasteiger partial charge in [-0.05, 0) is 37.1 Å². The molecule has 2 aromatic carbocycles. The molecule has 0 aliphatic carbocycles. The van der Waals surface area contributed by atoms with E-state index in [4.69, 9.17) is 11.1 Å².